The van der Waals surface area contributed by atoms with E-state index in [9.17, 15) is 4.79 Å². The normalized spacial score (nSPS) is 18.4. The summed E-state index contributed by atoms with van der Waals surface area (Å²) in [4.78, 5) is 11.8. The van der Waals surface area contributed by atoms with Crippen molar-refractivity contribution in [3.63, 3.8) is 0 Å². The number of aliphatic hydroxyl groups excluding tert-OH is 1. The number of nitrogens with one attached hydrogen (secondary N) is 1. The van der Waals surface area contributed by atoms with E-state index in [1.807, 2.05) is 6.92 Å². The Morgan fingerprint density at radius 3 is 2.78 bits per heavy atom. The first-order valence-corrected chi connectivity index (χ1v) is 7.87. The molecule has 1 saturated carbocycles. The summed E-state index contributed by atoms with van der Waals surface area (Å²) in [5, 5.41) is 12.6. The number of hydrogen-bond acceptors (Lipinski definition) is 5. The van der Waals surface area contributed by atoms with Crippen LogP contribution in [0.25, 0.3) is 0 Å². The molecule has 1 fully saturated rings. The summed E-state index contributed by atoms with van der Waals surface area (Å²) in [6.07, 6.45) is 3.95. The average molecular weight is 275 g/mol. The van der Waals surface area contributed by atoms with Gasteiger partial charge in [-0.15, -0.1) is 0 Å². The van der Waals surface area contributed by atoms with Crippen LogP contribution in [0.1, 0.15) is 39.5 Å². The Hall–Kier alpha value is -0.260. The van der Waals surface area contributed by atoms with Crippen molar-refractivity contribution in [2.75, 3.05) is 19.0 Å². The SMILES string of the molecule is CCOC(=O)C(CCSC(C)CCO)NC1CC1. The number of esters is 1. The van der Waals surface area contributed by atoms with Gasteiger partial charge in [0, 0.05) is 17.9 Å². The summed E-state index contributed by atoms with van der Waals surface area (Å²) in [6, 6.07) is 0.352. The zero-order valence-electron chi connectivity index (χ0n) is 11.4. The molecule has 0 bridgehead atoms. The van der Waals surface area contributed by atoms with Crippen molar-refractivity contribution in [2.24, 2.45) is 0 Å². The number of aliphatic hydroxyl groups is 1. The molecule has 4 nitrogen and oxygen atoms in total. The second kappa shape index (κ2) is 8.77. The van der Waals surface area contributed by atoms with E-state index in [1.54, 1.807) is 11.8 Å². The van der Waals surface area contributed by atoms with Gasteiger partial charge in [-0.25, -0.2) is 0 Å². The maximum atomic E-state index is 11.8. The van der Waals surface area contributed by atoms with Gasteiger partial charge in [-0.3, -0.25) is 4.79 Å². The Kier molecular flexibility index (Phi) is 7.70. The van der Waals surface area contributed by atoms with Crippen LogP contribution in [0.3, 0.4) is 0 Å². The highest BCUT2D eigenvalue weighted by molar-refractivity contribution is 7.99. The Morgan fingerprint density at radius 1 is 1.50 bits per heavy atom. The van der Waals surface area contributed by atoms with Crippen LogP contribution in [0.15, 0.2) is 0 Å². The molecule has 0 spiro atoms. The molecule has 0 amide bonds. The van der Waals surface area contributed by atoms with Gasteiger partial charge in [0.15, 0.2) is 0 Å². The lowest BCUT2D eigenvalue weighted by molar-refractivity contribution is -0.145. The summed E-state index contributed by atoms with van der Waals surface area (Å²) in [6.45, 7) is 4.62. The van der Waals surface area contributed by atoms with Gasteiger partial charge in [-0.05, 0) is 38.4 Å². The molecule has 2 unspecified atom stereocenters. The van der Waals surface area contributed by atoms with E-state index in [1.165, 1.54) is 12.8 Å². The van der Waals surface area contributed by atoms with E-state index in [0.717, 1.165) is 18.6 Å². The molecule has 1 rings (SSSR count). The second-order valence-corrected chi connectivity index (χ2v) is 6.27. The van der Waals surface area contributed by atoms with E-state index in [2.05, 4.69) is 12.2 Å². The molecule has 0 aliphatic heterocycles. The van der Waals surface area contributed by atoms with Crippen LogP contribution in [-0.4, -0.2) is 47.4 Å². The van der Waals surface area contributed by atoms with E-state index in [0.29, 0.717) is 17.9 Å². The molecule has 0 aromatic rings. The summed E-state index contributed by atoms with van der Waals surface area (Å²) in [5.74, 6) is 0.796. The number of ether oxygens (including phenoxy) is 1. The zero-order valence-corrected chi connectivity index (χ0v) is 12.2. The van der Waals surface area contributed by atoms with Gasteiger partial charge in [0.25, 0.3) is 0 Å². The van der Waals surface area contributed by atoms with Gasteiger partial charge < -0.3 is 15.2 Å². The molecular formula is C13H25NO3S. The summed E-state index contributed by atoms with van der Waals surface area (Å²) in [7, 11) is 0. The van der Waals surface area contributed by atoms with Crippen LogP contribution in [-0.2, 0) is 9.53 Å². The lowest BCUT2D eigenvalue weighted by Gasteiger charge is -2.17. The monoisotopic (exact) mass is 275 g/mol. The van der Waals surface area contributed by atoms with Crippen molar-refractivity contribution in [1.82, 2.24) is 5.32 Å². The van der Waals surface area contributed by atoms with Crippen molar-refractivity contribution in [1.29, 1.82) is 0 Å². The predicted octanol–water partition coefficient (Wildman–Crippen LogP) is 1.56. The third kappa shape index (κ3) is 6.61. The van der Waals surface area contributed by atoms with Gasteiger partial charge in [-0.1, -0.05) is 6.92 Å². The maximum Gasteiger partial charge on any atom is 0.323 e. The van der Waals surface area contributed by atoms with Crippen LogP contribution in [0.2, 0.25) is 0 Å². The van der Waals surface area contributed by atoms with Gasteiger partial charge >= 0.3 is 5.97 Å². The van der Waals surface area contributed by atoms with Crippen LogP contribution in [0.5, 0.6) is 0 Å². The molecule has 0 aromatic carbocycles. The first kappa shape index (κ1) is 15.8. The Balaban J connectivity index is 2.24. The minimum atomic E-state index is -0.161. The Labute approximate surface area is 114 Å². The van der Waals surface area contributed by atoms with Gasteiger partial charge in [0.2, 0.25) is 0 Å². The van der Waals surface area contributed by atoms with Crippen molar-refractivity contribution in [2.45, 2.75) is 56.9 Å². The van der Waals surface area contributed by atoms with Crippen molar-refractivity contribution in [3.05, 3.63) is 0 Å². The van der Waals surface area contributed by atoms with Crippen LogP contribution in [0, 0.1) is 0 Å². The Bertz CT molecular complexity index is 246. The number of thioether (sulfide) groups is 1. The van der Waals surface area contributed by atoms with Gasteiger partial charge in [0.05, 0.1) is 6.61 Å². The lowest BCUT2D eigenvalue weighted by atomic mass is 10.2. The molecule has 2 atom stereocenters. The average Bonchev–Trinajstić information content (AvgIpc) is 3.12. The second-order valence-electron chi connectivity index (χ2n) is 4.73. The summed E-state index contributed by atoms with van der Waals surface area (Å²) in [5.41, 5.74) is 0. The molecule has 1 aliphatic carbocycles. The van der Waals surface area contributed by atoms with Crippen molar-refractivity contribution >= 4 is 17.7 Å². The highest BCUT2D eigenvalue weighted by Gasteiger charge is 2.28. The van der Waals surface area contributed by atoms with Crippen LogP contribution < -0.4 is 5.32 Å². The smallest absolute Gasteiger partial charge is 0.323 e. The largest absolute Gasteiger partial charge is 0.465 e. The van der Waals surface area contributed by atoms with Gasteiger partial charge in [-0.2, -0.15) is 11.8 Å². The first-order chi connectivity index (χ1) is 8.67. The highest BCUT2D eigenvalue weighted by atomic mass is 32.2. The molecule has 5 heteroatoms. The first-order valence-electron chi connectivity index (χ1n) is 6.82. The van der Waals surface area contributed by atoms with Crippen LogP contribution >= 0.6 is 11.8 Å². The van der Waals surface area contributed by atoms with E-state index < -0.39 is 0 Å². The van der Waals surface area contributed by atoms with Gasteiger partial charge in [0.1, 0.15) is 6.04 Å². The predicted molar refractivity (Wildman–Crippen MR) is 74.8 cm³/mol. The third-order valence-electron chi connectivity index (χ3n) is 2.93. The molecule has 0 aromatic heterocycles. The minimum absolute atomic E-state index is 0.125. The van der Waals surface area contributed by atoms with E-state index >= 15 is 0 Å². The van der Waals surface area contributed by atoms with E-state index in [4.69, 9.17) is 9.84 Å². The quantitative estimate of drug-likeness (QED) is 0.593. The standard InChI is InChI=1S/C13H25NO3S/c1-3-17-13(16)12(14-11-4-5-11)7-9-18-10(2)6-8-15/h10-12,14-15H,3-9H2,1-2H3. The Morgan fingerprint density at radius 2 is 2.22 bits per heavy atom. The molecule has 0 heterocycles. The summed E-state index contributed by atoms with van der Waals surface area (Å²) >= 11 is 1.80. The topological polar surface area (TPSA) is 58.6 Å². The molecule has 0 saturated heterocycles. The van der Waals surface area contributed by atoms with Crippen LogP contribution in [0.4, 0.5) is 0 Å². The fraction of sp³-hybridized carbons (Fsp3) is 0.923. The molecular weight excluding hydrogens is 250 g/mol. The third-order valence-corrected chi connectivity index (χ3v) is 4.21. The zero-order chi connectivity index (χ0) is 13.4. The molecule has 1 aliphatic rings. The fourth-order valence-corrected chi connectivity index (χ4v) is 2.75. The lowest BCUT2D eigenvalue weighted by Crippen LogP contribution is -2.40. The fourth-order valence-electron chi connectivity index (χ4n) is 1.70. The molecule has 18 heavy (non-hydrogen) atoms. The molecule has 2 N–H and O–H groups in total. The molecule has 0 radical (unpaired) electrons. The molecule has 106 valence electrons. The minimum Gasteiger partial charge on any atom is -0.465 e. The highest BCUT2D eigenvalue weighted by Crippen LogP contribution is 2.21. The van der Waals surface area contributed by atoms with Crippen molar-refractivity contribution < 1.29 is 14.6 Å². The number of carbonyl (C=O) groups is 1. The summed E-state index contributed by atoms with van der Waals surface area (Å²) < 4.78 is 5.09. The number of hydrogen-bond donors (Lipinski definition) is 2. The maximum absolute atomic E-state index is 11.8. The number of rotatable bonds is 10. The van der Waals surface area contributed by atoms with Crippen molar-refractivity contribution in [3.8, 4) is 0 Å². The van der Waals surface area contributed by atoms with E-state index in [-0.39, 0.29) is 18.6 Å². The number of carbonyl (C=O) groups excluding carboxylic acids is 1.